The van der Waals surface area contributed by atoms with Crippen molar-refractivity contribution in [3.63, 3.8) is 0 Å². The molecular weight excluding hydrogens is 368 g/mol. The number of carbonyl (C=O) groups is 1. The number of hydrogen-bond acceptors (Lipinski definition) is 6. The maximum absolute atomic E-state index is 12.6. The molecule has 4 N–H and O–H groups in total. The van der Waals surface area contributed by atoms with E-state index in [1.807, 2.05) is 0 Å². The highest BCUT2D eigenvalue weighted by Crippen LogP contribution is 2.28. The van der Waals surface area contributed by atoms with Crippen LogP contribution in [0.5, 0.6) is 5.75 Å². The topological polar surface area (TPSA) is 88.8 Å². The summed E-state index contributed by atoms with van der Waals surface area (Å²) >= 11 is 6.05. The van der Waals surface area contributed by atoms with Gasteiger partial charge in [0.05, 0.1) is 36.1 Å². The van der Waals surface area contributed by atoms with Crippen molar-refractivity contribution in [1.82, 2.24) is 15.5 Å². The van der Waals surface area contributed by atoms with Crippen LogP contribution in [-0.4, -0.2) is 69.9 Å². The maximum Gasteiger partial charge on any atom is 0.255 e. The van der Waals surface area contributed by atoms with E-state index >= 15 is 0 Å². The van der Waals surface area contributed by atoms with E-state index in [4.69, 9.17) is 26.8 Å². The lowest BCUT2D eigenvalue weighted by molar-refractivity contribution is -0.0320. The third-order valence-electron chi connectivity index (χ3n) is 5.25. The number of carbonyl (C=O) groups excluding carboxylic acids is 1. The minimum Gasteiger partial charge on any atom is -0.496 e. The molecule has 2 heterocycles. The van der Waals surface area contributed by atoms with Crippen LogP contribution in [0, 0.1) is 5.92 Å². The lowest BCUT2D eigenvalue weighted by Crippen LogP contribution is -2.49. The molecule has 1 aromatic rings. The average molecular weight is 397 g/mol. The van der Waals surface area contributed by atoms with Gasteiger partial charge in [-0.15, -0.1) is 0 Å². The third-order valence-corrected chi connectivity index (χ3v) is 5.58. The van der Waals surface area contributed by atoms with E-state index in [-0.39, 0.29) is 12.0 Å². The highest BCUT2D eigenvalue weighted by molar-refractivity contribution is 6.33. The van der Waals surface area contributed by atoms with Crippen LogP contribution in [0.3, 0.4) is 0 Å². The summed E-state index contributed by atoms with van der Waals surface area (Å²) in [5.41, 5.74) is 6.53. The second kappa shape index (κ2) is 9.59. The Kier molecular flexibility index (Phi) is 7.18. The standard InChI is InChI=1S/C19H29ClN4O3/c1-26-18-9-17(21)16(20)8-15(18)19(25)23-10-14-12-24(6-7-27-14)11-13-2-4-22-5-3-13/h8-9,13-14,22H,2-7,10-12,21H2,1H3,(H,23,25)/t14-/m0/s1. The van der Waals surface area contributed by atoms with Crippen LogP contribution in [0.2, 0.25) is 5.02 Å². The van der Waals surface area contributed by atoms with Gasteiger partial charge in [0.2, 0.25) is 0 Å². The van der Waals surface area contributed by atoms with Gasteiger partial charge in [-0.1, -0.05) is 11.6 Å². The van der Waals surface area contributed by atoms with E-state index < -0.39 is 0 Å². The number of hydrogen-bond donors (Lipinski definition) is 3. The largest absolute Gasteiger partial charge is 0.496 e. The summed E-state index contributed by atoms with van der Waals surface area (Å²) in [6.45, 7) is 6.27. The Labute approximate surface area is 165 Å². The van der Waals surface area contributed by atoms with Crippen LogP contribution in [-0.2, 0) is 4.74 Å². The summed E-state index contributed by atoms with van der Waals surface area (Å²) < 4.78 is 11.1. The number of piperidine rings is 1. The molecule has 0 saturated carbocycles. The van der Waals surface area contributed by atoms with Gasteiger partial charge in [-0.25, -0.2) is 0 Å². The van der Waals surface area contributed by atoms with Crippen molar-refractivity contribution >= 4 is 23.2 Å². The predicted octanol–water partition coefficient (Wildman–Crippen LogP) is 1.36. The molecule has 2 saturated heterocycles. The Balaban J connectivity index is 1.51. The number of amides is 1. The maximum atomic E-state index is 12.6. The lowest BCUT2D eigenvalue weighted by Gasteiger charge is -2.36. The number of benzene rings is 1. The number of methoxy groups -OCH3 is 1. The van der Waals surface area contributed by atoms with Gasteiger partial charge in [-0.2, -0.15) is 0 Å². The Morgan fingerprint density at radius 3 is 2.96 bits per heavy atom. The predicted molar refractivity (Wildman–Crippen MR) is 107 cm³/mol. The van der Waals surface area contributed by atoms with Crippen molar-refractivity contribution in [1.29, 1.82) is 0 Å². The van der Waals surface area contributed by atoms with Crippen molar-refractivity contribution in [3.05, 3.63) is 22.7 Å². The Bertz CT molecular complexity index is 652. The van der Waals surface area contributed by atoms with Crippen LogP contribution in [0.4, 0.5) is 5.69 Å². The van der Waals surface area contributed by atoms with E-state index in [1.165, 1.54) is 26.0 Å². The molecule has 1 atom stereocenters. The summed E-state index contributed by atoms with van der Waals surface area (Å²) in [5.74, 6) is 0.917. The number of morpholine rings is 1. The van der Waals surface area contributed by atoms with Crippen LogP contribution in [0.1, 0.15) is 23.2 Å². The number of nitrogen functional groups attached to an aromatic ring is 1. The molecule has 27 heavy (non-hydrogen) atoms. The molecule has 2 aliphatic heterocycles. The first-order chi connectivity index (χ1) is 13.1. The fourth-order valence-electron chi connectivity index (χ4n) is 3.72. The second-order valence-corrected chi connectivity index (χ2v) is 7.64. The molecule has 3 rings (SSSR count). The lowest BCUT2D eigenvalue weighted by atomic mass is 9.97. The number of ether oxygens (including phenoxy) is 2. The number of nitrogens with two attached hydrogens (primary N) is 1. The normalized spacial score (nSPS) is 21.8. The van der Waals surface area contributed by atoms with Crippen molar-refractivity contribution in [3.8, 4) is 5.75 Å². The average Bonchev–Trinajstić information content (AvgIpc) is 2.69. The van der Waals surface area contributed by atoms with Gasteiger partial charge in [0.1, 0.15) is 5.75 Å². The van der Waals surface area contributed by atoms with Crippen LogP contribution in [0.15, 0.2) is 12.1 Å². The molecule has 2 fully saturated rings. The molecule has 1 amide bonds. The zero-order chi connectivity index (χ0) is 19.2. The SMILES string of the molecule is COc1cc(N)c(Cl)cc1C(=O)NC[C@H]1CN(CC2CCNCC2)CCO1. The number of rotatable bonds is 6. The summed E-state index contributed by atoms with van der Waals surface area (Å²) in [6, 6.07) is 3.10. The summed E-state index contributed by atoms with van der Waals surface area (Å²) in [7, 11) is 1.50. The van der Waals surface area contributed by atoms with E-state index in [2.05, 4.69) is 15.5 Å². The zero-order valence-electron chi connectivity index (χ0n) is 15.8. The van der Waals surface area contributed by atoms with Gasteiger partial charge in [-0.05, 0) is 37.9 Å². The number of halogens is 1. The first-order valence-electron chi connectivity index (χ1n) is 9.52. The molecule has 0 bridgehead atoms. The van der Waals surface area contributed by atoms with Crippen molar-refractivity contribution < 1.29 is 14.3 Å². The fourth-order valence-corrected chi connectivity index (χ4v) is 3.88. The Morgan fingerprint density at radius 2 is 2.22 bits per heavy atom. The molecule has 0 aliphatic carbocycles. The minimum atomic E-state index is -0.243. The van der Waals surface area contributed by atoms with Crippen LogP contribution >= 0.6 is 11.6 Å². The molecule has 0 aromatic heterocycles. The van der Waals surface area contributed by atoms with Crippen LogP contribution in [0.25, 0.3) is 0 Å². The van der Waals surface area contributed by atoms with Gasteiger partial charge in [0.15, 0.2) is 0 Å². The molecule has 1 aromatic carbocycles. The summed E-state index contributed by atoms with van der Waals surface area (Å²) in [4.78, 5) is 15.0. The van der Waals surface area contributed by atoms with Crippen LogP contribution < -0.4 is 21.1 Å². The second-order valence-electron chi connectivity index (χ2n) is 7.23. The minimum absolute atomic E-state index is 0.0142. The third kappa shape index (κ3) is 5.48. The molecule has 2 aliphatic rings. The van der Waals surface area contributed by atoms with E-state index in [0.717, 1.165) is 38.6 Å². The van der Waals surface area contributed by atoms with Gasteiger partial charge in [-0.3, -0.25) is 9.69 Å². The van der Waals surface area contributed by atoms with E-state index in [1.54, 1.807) is 6.07 Å². The van der Waals surface area contributed by atoms with E-state index in [0.29, 0.717) is 35.2 Å². The van der Waals surface area contributed by atoms with Gasteiger partial charge < -0.3 is 25.8 Å². The Hall–Kier alpha value is -1.54. The number of anilines is 1. The van der Waals surface area contributed by atoms with Gasteiger partial charge >= 0.3 is 0 Å². The van der Waals surface area contributed by atoms with Crippen molar-refractivity contribution in [2.45, 2.75) is 18.9 Å². The number of nitrogens with zero attached hydrogens (tertiary/aromatic N) is 1. The molecule has 150 valence electrons. The highest BCUT2D eigenvalue weighted by atomic mass is 35.5. The Morgan fingerprint density at radius 1 is 1.44 bits per heavy atom. The molecule has 0 unspecified atom stereocenters. The monoisotopic (exact) mass is 396 g/mol. The van der Waals surface area contributed by atoms with E-state index in [9.17, 15) is 4.79 Å². The van der Waals surface area contributed by atoms with Gasteiger partial charge in [0, 0.05) is 32.2 Å². The molecule has 8 heteroatoms. The zero-order valence-corrected chi connectivity index (χ0v) is 16.6. The summed E-state index contributed by atoms with van der Waals surface area (Å²) in [5, 5.41) is 6.68. The van der Waals surface area contributed by atoms with Gasteiger partial charge in [0.25, 0.3) is 5.91 Å². The molecule has 0 radical (unpaired) electrons. The highest BCUT2D eigenvalue weighted by Gasteiger charge is 2.25. The first-order valence-corrected chi connectivity index (χ1v) is 9.90. The van der Waals surface area contributed by atoms with Crippen molar-refractivity contribution in [2.75, 3.05) is 58.7 Å². The smallest absolute Gasteiger partial charge is 0.255 e. The fraction of sp³-hybridized carbons (Fsp3) is 0.632. The molecule has 0 spiro atoms. The molecular formula is C19H29ClN4O3. The first kappa shape index (κ1) is 20.2. The molecule has 7 nitrogen and oxygen atoms in total. The quantitative estimate of drug-likeness (QED) is 0.629. The summed E-state index contributed by atoms with van der Waals surface area (Å²) in [6.07, 6.45) is 2.45. The number of nitrogens with one attached hydrogen (secondary N) is 2. The van der Waals surface area contributed by atoms with Crippen molar-refractivity contribution in [2.24, 2.45) is 5.92 Å².